The van der Waals surface area contributed by atoms with Gasteiger partial charge in [0, 0.05) is 52.4 Å². The molecule has 0 aromatic heterocycles. The number of benzene rings is 2. The van der Waals surface area contributed by atoms with Gasteiger partial charge in [-0.05, 0) is 29.7 Å². The Morgan fingerprint density at radius 3 is 2.54 bits per heavy atom. The Bertz CT molecular complexity index is 743. The zero-order valence-corrected chi connectivity index (χ0v) is 17.3. The van der Waals surface area contributed by atoms with Crippen LogP contribution in [-0.4, -0.2) is 51.7 Å². The molecular weight excluding hydrogens is 348 g/mol. The summed E-state index contributed by atoms with van der Waals surface area (Å²) in [5.41, 5.74) is 3.70. The average Bonchev–Trinajstić information content (AvgIpc) is 3.18. The van der Waals surface area contributed by atoms with Crippen LogP contribution < -0.4 is 10.2 Å². The fourth-order valence-corrected chi connectivity index (χ4v) is 3.50. The van der Waals surface area contributed by atoms with Crippen molar-refractivity contribution in [3.05, 3.63) is 65.7 Å². The molecule has 0 saturated carbocycles. The van der Waals surface area contributed by atoms with Crippen molar-refractivity contribution in [2.24, 2.45) is 10.9 Å². The van der Waals surface area contributed by atoms with Gasteiger partial charge in [0.05, 0.1) is 13.2 Å². The van der Waals surface area contributed by atoms with Gasteiger partial charge in [-0.3, -0.25) is 4.99 Å². The van der Waals surface area contributed by atoms with Crippen LogP contribution in [0.25, 0.3) is 0 Å². The summed E-state index contributed by atoms with van der Waals surface area (Å²) in [6.07, 6.45) is 1.15. The van der Waals surface area contributed by atoms with E-state index in [0.29, 0.717) is 12.5 Å². The van der Waals surface area contributed by atoms with Crippen molar-refractivity contribution in [2.75, 3.05) is 45.7 Å². The first-order valence-corrected chi connectivity index (χ1v) is 9.99. The molecule has 1 aliphatic heterocycles. The summed E-state index contributed by atoms with van der Waals surface area (Å²) in [4.78, 5) is 8.93. The summed E-state index contributed by atoms with van der Waals surface area (Å²) >= 11 is 0. The molecule has 0 aliphatic carbocycles. The summed E-state index contributed by atoms with van der Waals surface area (Å²) in [5, 5.41) is 3.50. The molecule has 5 nitrogen and oxygen atoms in total. The fourth-order valence-electron chi connectivity index (χ4n) is 3.50. The maximum Gasteiger partial charge on any atom is 0.193 e. The van der Waals surface area contributed by atoms with Gasteiger partial charge in [-0.15, -0.1) is 0 Å². The van der Waals surface area contributed by atoms with E-state index in [0.717, 1.165) is 38.6 Å². The number of anilines is 1. The number of aliphatic imine (C=N–C) groups is 1. The van der Waals surface area contributed by atoms with Crippen LogP contribution in [0.2, 0.25) is 0 Å². The molecule has 1 fully saturated rings. The summed E-state index contributed by atoms with van der Waals surface area (Å²) in [5.74, 6) is 1.53. The summed E-state index contributed by atoms with van der Waals surface area (Å²) in [6, 6.07) is 19.0. The summed E-state index contributed by atoms with van der Waals surface area (Å²) < 4.78 is 5.93. The lowest BCUT2D eigenvalue weighted by atomic mass is 10.1. The Labute approximate surface area is 169 Å². The van der Waals surface area contributed by atoms with E-state index in [4.69, 9.17) is 4.74 Å². The second-order valence-electron chi connectivity index (χ2n) is 7.56. The molecule has 0 amide bonds. The number of guanidine groups is 1. The molecule has 1 heterocycles. The van der Waals surface area contributed by atoms with Gasteiger partial charge in [0.25, 0.3) is 0 Å². The number of nitrogens with zero attached hydrogens (tertiary/aromatic N) is 3. The van der Waals surface area contributed by atoms with Crippen LogP contribution in [0.1, 0.15) is 17.5 Å². The smallest absolute Gasteiger partial charge is 0.193 e. The first kappa shape index (κ1) is 20.2. The normalized spacial score (nSPS) is 17.0. The second-order valence-corrected chi connectivity index (χ2v) is 7.56. The van der Waals surface area contributed by atoms with Gasteiger partial charge in [0.2, 0.25) is 0 Å². The number of nitrogens with one attached hydrogen (secondary N) is 1. The van der Waals surface area contributed by atoms with Crippen LogP contribution in [0.4, 0.5) is 5.69 Å². The highest BCUT2D eigenvalue weighted by Crippen LogP contribution is 2.18. The maximum atomic E-state index is 5.93. The zero-order chi connectivity index (χ0) is 19.8. The molecule has 0 radical (unpaired) electrons. The standard InChI is InChI=1S/C23H32N4O/c1-24-23(25-15-19-9-11-22(12-10-19)26(2)3)27-14-13-21(16-27)18-28-17-20-7-5-4-6-8-20/h4-12,21H,13-18H2,1-3H3,(H,24,25). The molecule has 1 unspecified atom stereocenters. The quantitative estimate of drug-likeness (QED) is 0.591. The molecule has 1 atom stereocenters. The highest BCUT2D eigenvalue weighted by Gasteiger charge is 2.24. The molecule has 1 N–H and O–H groups in total. The van der Waals surface area contributed by atoms with Crippen molar-refractivity contribution in [1.29, 1.82) is 0 Å². The predicted octanol–water partition coefficient (Wildman–Crippen LogP) is 3.37. The van der Waals surface area contributed by atoms with E-state index in [1.165, 1.54) is 16.8 Å². The predicted molar refractivity (Wildman–Crippen MR) is 117 cm³/mol. The van der Waals surface area contributed by atoms with Gasteiger partial charge in [-0.25, -0.2) is 0 Å². The summed E-state index contributed by atoms with van der Waals surface area (Å²) in [7, 11) is 5.97. The van der Waals surface area contributed by atoms with Gasteiger partial charge >= 0.3 is 0 Å². The molecule has 1 saturated heterocycles. The molecule has 1 aliphatic rings. The Morgan fingerprint density at radius 2 is 1.86 bits per heavy atom. The Hall–Kier alpha value is -2.53. The molecule has 0 bridgehead atoms. The molecule has 28 heavy (non-hydrogen) atoms. The number of likely N-dealkylation sites (tertiary alicyclic amines) is 1. The molecule has 5 heteroatoms. The minimum atomic E-state index is 0.557. The van der Waals surface area contributed by atoms with E-state index in [2.05, 4.69) is 82.7 Å². The van der Waals surface area contributed by atoms with Crippen LogP contribution >= 0.6 is 0 Å². The van der Waals surface area contributed by atoms with E-state index in [9.17, 15) is 0 Å². The third-order valence-corrected chi connectivity index (χ3v) is 5.17. The van der Waals surface area contributed by atoms with Crippen molar-refractivity contribution in [2.45, 2.75) is 19.6 Å². The highest BCUT2D eigenvalue weighted by molar-refractivity contribution is 5.80. The van der Waals surface area contributed by atoms with Crippen LogP contribution in [-0.2, 0) is 17.9 Å². The minimum absolute atomic E-state index is 0.557. The van der Waals surface area contributed by atoms with Crippen LogP contribution in [0.5, 0.6) is 0 Å². The monoisotopic (exact) mass is 380 g/mol. The van der Waals surface area contributed by atoms with Crippen LogP contribution in [0, 0.1) is 5.92 Å². The number of hydrogen-bond donors (Lipinski definition) is 1. The molecular formula is C23H32N4O. The number of hydrogen-bond acceptors (Lipinski definition) is 3. The topological polar surface area (TPSA) is 40.1 Å². The van der Waals surface area contributed by atoms with Gasteiger partial charge in [0.1, 0.15) is 0 Å². The first-order valence-electron chi connectivity index (χ1n) is 9.99. The van der Waals surface area contributed by atoms with Crippen molar-refractivity contribution < 1.29 is 4.74 Å². The van der Waals surface area contributed by atoms with E-state index in [1.807, 2.05) is 13.1 Å². The minimum Gasteiger partial charge on any atom is -0.378 e. The third-order valence-electron chi connectivity index (χ3n) is 5.17. The van der Waals surface area contributed by atoms with Crippen molar-refractivity contribution in [3.63, 3.8) is 0 Å². The van der Waals surface area contributed by atoms with Crippen LogP contribution in [0.15, 0.2) is 59.6 Å². The van der Waals surface area contributed by atoms with Gasteiger partial charge in [-0.1, -0.05) is 42.5 Å². The lowest BCUT2D eigenvalue weighted by Crippen LogP contribution is -2.39. The highest BCUT2D eigenvalue weighted by atomic mass is 16.5. The average molecular weight is 381 g/mol. The summed E-state index contributed by atoms with van der Waals surface area (Å²) in [6.45, 7) is 4.29. The largest absolute Gasteiger partial charge is 0.378 e. The lowest BCUT2D eigenvalue weighted by Gasteiger charge is -2.22. The van der Waals surface area contributed by atoms with E-state index in [-0.39, 0.29) is 0 Å². The number of ether oxygens (including phenoxy) is 1. The molecule has 2 aromatic rings. The molecule has 3 rings (SSSR count). The van der Waals surface area contributed by atoms with Crippen molar-refractivity contribution in [1.82, 2.24) is 10.2 Å². The van der Waals surface area contributed by atoms with E-state index < -0.39 is 0 Å². The maximum absolute atomic E-state index is 5.93. The molecule has 0 spiro atoms. The SMILES string of the molecule is CN=C(NCc1ccc(N(C)C)cc1)N1CCC(COCc2ccccc2)C1. The fraction of sp³-hybridized carbons (Fsp3) is 0.435. The molecule has 2 aromatic carbocycles. The first-order chi connectivity index (χ1) is 13.7. The lowest BCUT2D eigenvalue weighted by molar-refractivity contribution is 0.0906. The second kappa shape index (κ2) is 10.1. The van der Waals surface area contributed by atoms with Crippen molar-refractivity contribution in [3.8, 4) is 0 Å². The zero-order valence-electron chi connectivity index (χ0n) is 17.3. The number of rotatable bonds is 7. The van der Waals surface area contributed by atoms with Crippen molar-refractivity contribution >= 4 is 11.6 Å². The molecule has 150 valence electrons. The Kier molecular flexibility index (Phi) is 7.31. The third kappa shape index (κ3) is 5.73. The van der Waals surface area contributed by atoms with Gasteiger partial charge in [0.15, 0.2) is 5.96 Å². The van der Waals surface area contributed by atoms with E-state index in [1.54, 1.807) is 0 Å². The Balaban J connectivity index is 1.42. The van der Waals surface area contributed by atoms with E-state index >= 15 is 0 Å². The van der Waals surface area contributed by atoms with Gasteiger partial charge < -0.3 is 19.9 Å². The van der Waals surface area contributed by atoms with Gasteiger partial charge in [-0.2, -0.15) is 0 Å². The van der Waals surface area contributed by atoms with Crippen LogP contribution in [0.3, 0.4) is 0 Å². The Morgan fingerprint density at radius 1 is 1.11 bits per heavy atom.